The van der Waals surface area contributed by atoms with E-state index in [9.17, 15) is 9.90 Å². The van der Waals surface area contributed by atoms with Crippen molar-refractivity contribution in [2.75, 3.05) is 6.61 Å². The zero-order valence-electron chi connectivity index (χ0n) is 11.6. The number of rotatable bonds is 4. The Hall–Kier alpha value is -1.61. The molecule has 0 unspecified atom stereocenters. The molecule has 1 fully saturated rings. The zero-order valence-corrected chi connectivity index (χ0v) is 11.6. The van der Waals surface area contributed by atoms with Crippen molar-refractivity contribution in [3.63, 3.8) is 0 Å². The average molecular weight is 259 g/mol. The Morgan fingerprint density at radius 3 is 2.68 bits per heavy atom. The molecule has 1 aromatic rings. The number of aliphatic hydroxyl groups is 1. The first-order valence-corrected chi connectivity index (χ1v) is 6.73. The van der Waals surface area contributed by atoms with Crippen LogP contribution in [-0.2, 0) is 4.79 Å². The van der Waals surface area contributed by atoms with Crippen LogP contribution in [0.4, 0.5) is 0 Å². The number of amides is 1. The summed E-state index contributed by atoms with van der Waals surface area (Å²) in [7, 11) is 0. The van der Waals surface area contributed by atoms with E-state index in [1.807, 2.05) is 25.1 Å². The quantitative estimate of drug-likeness (QED) is 0.815. The van der Waals surface area contributed by atoms with Crippen LogP contribution in [0.15, 0.2) is 24.3 Å². The normalized spacial score (nSPS) is 17.2. The third-order valence-corrected chi connectivity index (χ3v) is 3.84. The topological polar surface area (TPSA) is 49.3 Å². The van der Waals surface area contributed by atoms with Crippen LogP contribution in [0.2, 0.25) is 0 Å². The van der Waals surface area contributed by atoms with Crippen LogP contribution < -0.4 is 5.32 Å². The van der Waals surface area contributed by atoms with Gasteiger partial charge in [-0.1, -0.05) is 23.8 Å². The molecular weight excluding hydrogens is 238 g/mol. The van der Waals surface area contributed by atoms with Gasteiger partial charge in [0.1, 0.15) is 0 Å². The molecule has 1 aliphatic rings. The van der Waals surface area contributed by atoms with Gasteiger partial charge in [-0.2, -0.15) is 0 Å². The first kappa shape index (κ1) is 13.8. The monoisotopic (exact) mass is 259 g/mol. The van der Waals surface area contributed by atoms with Crippen LogP contribution in [0.3, 0.4) is 0 Å². The molecule has 3 heteroatoms. The largest absolute Gasteiger partial charge is 0.394 e. The Balaban J connectivity index is 2.00. The second-order valence-corrected chi connectivity index (χ2v) is 5.47. The van der Waals surface area contributed by atoms with Gasteiger partial charge >= 0.3 is 0 Å². The van der Waals surface area contributed by atoms with Crippen molar-refractivity contribution in [2.24, 2.45) is 0 Å². The fourth-order valence-corrected chi connectivity index (χ4v) is 2.41. The number of aryl methyl sites for hydroxylation is 2. The minimum Gasteiger partial charge on any atom is -0.394 e. The molecule has 0 saturated heterocycles. The van der Waals surface area contributed by atoms with E-state index in [4.69, 9.17) is 0 Å². The number of benzene rings is 1. The van der Waals surface area contributed by atoms with Crippen molar-refractivity contribution in [2.45, 2.75) is 38.6 Å². The molecule has 1 aliphatic carbocycles. The molecule has 0 aliphatic heterocycles. The average Bonchev–Trinajstić information content (AvgIpc) is 2.33. The second kappa shape index (κ2) is 5.57. The number of carbonyl (C=O) groups is 1. The van der Waals surface area contributed by atoms with Crippen molar-refractivity contribution in [3.8, 4) is 0 Å². The summed E-state index contributed by atoms with van der Waals surface area (Å²) in [5, 5.41) is 12.2. The van der Waals surface area contributed by atoms with E-state index < -0.39 is 0 Å². The van der Waals surface area contributed by atoms with E-state index in [0.717, 1.165) is 30.4 Å². The summed E-state index contributed by atoms with van der Waals surface area (Å²) in [5.41, 5.74) is 3.05. The Morgan fingerprint density at radius 2 is 2.16 bits per heavy atom. The maximum atomic E-state index is 11.9. The Labute approximate surface area is 114 Å². The molecule has 0 bridgehead atoms. The molecule has 0 atom stereocenters. The number of aliphatic hydroxyl groups excluding tert-OH is 1. The van der Waals surface area contributed by atoms with Crippen LogP contribution in [-0.4, -0.2) is 23.2 Å². The van der Waals surface area contributed by atoms with Crippen molar-refractivity contribution >= 4 is 12.0 Å². The van der Waals surface area contributed by atoms with Gasteiger partial charge in [-0.25, -0.2) is 0 Å². The highest BCUT2D eigenvalue weighted by atomic mass is 16.3. The van der Waals surface area contributed by atoms with E-state index in [-0.39, 0.29) is 18.1 Å². The first-order valence-electron chi connectivity index (χ1n) is 6.73. The SMILES string of the molecule is Cc1ccc(/C=C/C(=O)NC2(CO)CCC2)c(C)c1. The van der Waals surface area contributed by atoms with E-state index in [1.54, 1.807) is 6.08 Å². The first-order chi connectivity index (χ1) is 9.04. The number of carbonyl (C=O) groups excluding carboxylic acids is 1. The molecule has 0 radical (unpaired) electrons. The summed E-state index contributed by atoms with van der Waals surface area (Å²) in [4.78, 5) is 11.9. The maximum absolute atomic E-state index is 11.9. The molecule has 2 N–H and O–H groups in total. The smallest absolute Gasteiger partial charge is 0.244 e. The highest BCUT2D eigenvalue weighted by molar-refractivity contribution is 5.92. The second-order valence-electron chi connectivity index (χ2n) is 5.47. The maximum Gasteiger partial charge on any atom is 0.244 e. The summed E-state index contributed by atoms with van der Waals surface area (Å²) in [6.07, 6.45) is 6.18. The highest BCUT2D eigenvalue weighted by Gasteiger charge is 2.37. The van der Waals surface area contributed by atoms with Crippen LogP contribution in [0.25, 0.3) is 6.08 Å². The molecule has 19 heavy (non-hydrogen) atoms. The highest BCUT2D eigenvalue weighted by Crippen LogP contribution is 2.31. The van der Waals surface area contributed by atoms with Crippen LogP contribution in [0, 0.1) is 13.8 Å². The van der Waals surface area contributed by atoms with Crippen molar-refractivity contribution < 1.29 is 9.90 Å². The molecule has 1 saturated carbocycles. The van der Waals surface area contributed by atoms with Gasteiger partial charge in [0.15, 0.2) is 0 Å². The number of hydrogen-bond acceptors (Lipinski definition) is 2. The van der Waals surface area contributed by atoms with Gasteiger partial charge in [0, 0.05) is 6.08 Å². The van der Waals surface area contributed by atoms with E-state index in [0.29, 0.717) is 0 Å². The molecule has 2 rings (SSSR count). The molecule has 0 spiro atoms. The Kier molecular flexibility index (Phi) is 4.05. The van der Waals surface area contributed by atoms with E-state index >= 15 is 0 Å². The predicted octanol–water partition coefficient (Wildman–Crippen LogP) is 2.35. The van der Waals surface area contributed by atoms with Gasteiger partial charge in [-0.3, -0.25) is 4.79 Å². The van der Waals surface area contributed by atoms with Gasteiger partial charge < -0.3 is 10.4 Å². The van der Waals surface area contributed by atoms with Gasteiger partial charge in [0.2, 0.25) is 5.91 Å². The number of hydrogen-bond donors (Lipinski definition) is 2. The third-order valence-electron chi connectivity index (χ3n) is 3.84. The molecule has 1 aromatic carbocycles. The lowest BCUT2D eigenvalue weighted by molar-refractivity contribution is -0.120. The fraction of sp³-hybridized carbons (Fsp3) is 0.438. The van der Waals surface area contributed by atoms with Crippen LogP contribution in [0.1, 0.15) is 36.0 Å². The molecule has 0 heterocycles. The zero-order chi connectivity index (χ0) is 13.9. The van der Waals surface area contributed by atoms with E-state index in [1.165, 1.54) is 5.56 Å². The van der Waals surface area contributed by atoms with Crippen LogP contribution >= 0.6 is 0 Å². The van der Waals surface area contributed by atoms with E-state index in [2.05, 4.69) is 18.3 Å². The fourth-order valence-electron chi connectivity index (χ4n) is 2.41. The number of nitrogens with one attached hydrogen (secondary N) is 1. The van der Waals surface area contributed by atoms with Crippen LogP contribution in [0.5, 0.6) is 0 Å². The Morgan fingerprint density at radius 1 is 1.42 bits per heavy atom. The standard InChI is InChI=1S/C16H21NO2/c1-12-4-5-14(13(2)10-12)6-7-15(19)17-16(11-18)8-3-9-16/h4-7,10,18H,3,8-9,11H2,1-2H3,(H,17,19)/b7-6+. The summed E-state index contributed by atoms with van der Waals surface area (Å²) in [6, 6.07) is 6.14. The summed E-state index contributed by atoms with van der Waals surface area (Å²) >= 11 is 0. The lowest BCUT2D eigenvalue weighted by atomic mass is 9.77. The van der Waals surface area contributed by atoms with Crippen molar-refractivity contribution in [1.82, 2.24) is 5.32 Å². The van der Waals surface area contributed by atoms with Gasteiger partial charge in [-0.15, -0.1) is 0 Å². The minimum absolute atomic E-state index is 0.0239. The molecule has 3 nitrogen and oxygen atoms in total. The van der Waals surface area contributed by atoms with Gasteiger partial charge in [-0.05, 0) is 50.3 Å². The van der Waals surface area contributed by atoms with Crippen molar-refractivity contribution in [1.29, 1.82) is 0 Å². The predicted molar refractivity (Wildman–Crippen MR) is 76.8 cm³/mol. The molecule has 0 aromatic heterocycles. The lowest BCUT2D eigenvalue weighted by Gasteiger charge is -2.40. The summed E-state index contributed by atoms with van der Waals surface area (Å²) in [6.45, 7) is 4.11. The summed E-state index contributed by atoms with van der Waals surface area (Å²) < 4.78 is 0. The summed E-state index contributed by atoms with van der Waals surface area (Å²) in [5.74, 6) is -0.131. The molecule has 1 amide bonds. The lowest BCUT2D eigenvalue weighted by Crippen LogP contribution is -2.55. The third kappa shape index (κ3) is 3.24. The van der Waals surface area contributed by atoms with Crippen molar-refractivity contribution in [3.05, 3.63) is 41.0 Å². The molecular formula is C16H21NO2. The Bertz CT molecular complexity index is 496. The minimum atomic E-state index is -0.371. The van der Waals surface area contributed by atoms with Gasteiger partial charge in [0.05, 0.1) is 12.1 Å². The molecule has 102 valence electrons. The van der Waals surface area contributed by atoms with Gasteiger partial charge in [0.25, 0.3) is 0 Å².